The minimum absolute atomic E-state index is 0.0531. The molecule has 0 atom stereocenters. The number of hydrogen-bond donors (Lipinski definition) is 0. The Morgan fingerprint density at radius 1 is 1.41 bits per heavy atom. The Hall–Kier alpha value is -1.93. The Labute approximate surface area is 132 Å². The second kappa shape index (κ2) is 6.89. The van der Waals surface area contributed by atoms with Crippen molar-refractivity contribution < 1.29 is 13.9 Å². The number of carbonyl (C=O) groups is 1. The molecule has 1 fully saturated rings. The maximum absolute atomic E-state index is 12.2. The van der Waals surface area contributed by atoms with Crippen molar-refractivity contribution >= 4 is 22.6 Å². The van der Waals surface area contributed by atoms with E-state index < -0.39 is 0 Å². The zero-order chi connectivity index (χ0) is 15.4. The summed E-state index contributed by atoms with van der Waals surface area (Å²) in [4.78, 5) is 20.7. The van der Waals surface area contributed by atoms with Gasteiger partial charge >= 0.3 is 0 Å². The van der Waals surface area contributed by atoms with Gasteiger partial charge in [0, 0.05) is 51.2 Å². The Kier molecular flexibility index (Phi) is 4.69. The number of methoxy groups -OCH3 is 1. The summed E-state index contributed by atoms with van der Waals surface area (Å²) in [5.74, 6) is 1.16. The van der Waals surface area contributed by atoms with Gasteiger partial charge in [0.2, 0.25) is 5.13 Å². The van der Waals surface area contributed by atoms with E-state index in [1.54, 1.807) is 19.2 Å². The van der Waals surface area contributed by atoms with Crippen molar-refractivity contribution in [2.45, 2.75) is 6.42 Å². The lowest BCUT2D eigenvalue weighted by Gasteiger charge is -2.33. The zero-order valence-electron chi connectivity index (χ0n) is 12.4. The predicted molar refractivity (Wildman–Crippen MR) is 82.3 cm³/mol. The van der Waals surface area contributed by atoms with Gasteiger partial charge in [-0.1, -0.05) is 0 Å². The predicted octanol–water partition coefficient (Wildman–Crippen LogP) is 1.28. The first-order valence-corrected chi connectivity index (χ1v) is 7.94. The van der Waals surface area contributed by atoms with Crippen LogP contribution in [0.2, 0.25) is 0 Å². The number of anilines is 1. The van der Waals surface area contributed by atoms with Crippen LogP contribution in [0.25, 0.3) is 0 Å². The van der Waals surface area contributed by atoms with E-state index in [2.05, 4.69) is 14.3 Å². The average molecular weight is 322 g/mol. The van der Waals surface area contributed by atoms with Crippen LogP contribution >= 0.6 is 11.5 Å². The van der Waals surface area contributed by atoms with Crippen molar-refractivity contribution in [3.05, 3.63) is 30.0 Å². The number of hydrogen-bond acceptors (Lipinski definition) is 7. The molecule has 1 aliphatic rings. The highest BCUT2D eigenvalue weighted by atomic mass is 32.1. The SMILES string of the molecule is COCCc1nsc(N2CCN(C(=O)c3ccco3)CC2)n1. The molecule has 7 nitrogen and oxygen atoms in total. The largest absolute Gasteiger partial charge is 0.459 e. The molecular weight excluding hydrogens is 304 g/mol. The van der Waals surface area contributed by atoms with Crippen LogP contribution < -0.4 is 4.90 Å². The molecule has 1 saturated heterocycles. The summed E-state index contributed by atoms with van der Waals surface area (Å²) >= 11 is 1.40. The molecule has 22 heavy (non-hydrogen) atoms. The molecule has 2 aromatic rings. The lowest BCUT2D eigenvalue weighted by Crippen LogP contribution is -2.48. The quantitative estimate of drug-likeness (QED) is 0.826. The van der Waals surface area contributed by atoms with Crippen molar-refractivity contribution in [1.82, 2.24) is 14.3 Å². The summed E-state index contributed by atoms with van der Waals surface area (Å²) in [5, 5.41) is 0.913. The number of piperazine rings is 1. The van der Waals surface area contributed by atoms with E-state index in [0.29, 0.717) is 25.5 Å². The van der Waals surface area contributed by atoms with Crippen molar-refractivity contribution in [2.24, 2.45) is 0 Å². The van der Waals surface area contributed by atoms with E-state index >= 15 is 0 Å². The van der Waals surface area contributed by atoms with Crippen molar-refractivity contribution in [2.75, 3.05) is 44.8 Å². The fourth-order valence-electron chi connectivity index (χ4n) is 2.32. The van der Waals surface area contributed by atoms with Crippen molar-refractivity contribution in [3.8, 4) is 0 Å². The average Bonchev–Trinajstić information content (AvgIpc) is 3.24. The minimum Gasteiger partial charge on any atom is -0.459 e. The van der Waals surface area contributed by atoms with Gasteiger partial charge in [-0.25, -0.2) is 4.98 Å². The van der Waals surface area contributed by atoms with E-state index in [9.17, 15) is 4.79 Å². The van der Waals surface area contributed by atoms with Crippen molar-refractivity contribution in [3.63, 3.8) is 0 Å². The summed E-state index contributed by atoms with van der Waals surface area (Å²) in [6, 6.07) is 3.42. The van der Waals surface area contributed by atoms with Gasteiger partial charge in [-0.05, 0) is 12.1 Å². The zero-order valence-corrected chi connectivity index (χ0v) is 13.2. The van der Waals surface area contributed by atoms with Gasteiger partial charge in [-0.15, -0.1) is 0 Å². The molecule has 0 aromatic carbocycles. The van der Waals surface area contributed by atoms with Gasteiger partial charge in [0.1, 0.15) is 5.82 Å². The Morgan fingerprint density at radius 2 is 2.23 bits per heavy atom. The standard InChI is InChI=1S/C14H18N4O3S/c1-20-10-4-12-15-14(22-16-12)18-7-5-17(6-8-18)13(19)11-3-2-9-21-11/h2-3,9H,4-8,10H2,1H3. The fraction of sp³-hybridized carbons (Fsp3) is 0.500. The molecule has 0 radical (unpaired) electrons. The van der Waals surface area contributed by atoms with Gasteiger partial charge in [-0.3, -0.25) is 4.79 Å². The van der Waals surface area contributed by atoms with Crippen LogP contribution in [0.1, 0.15) is 16.4 Å². The number of aromatic nitrogens is 2. The van der Waals surface area contributed by atoms with Crippen LogP contribution in [-0.2, 0) is 11.2 Å². The van der Waals surface area contributed by atoms with Gasteiger partial charge in [0.25, 0.3) is 5.91 Å². The molecule has 3 rings (SSSR count). The minimum atomic E-state index is -0.0531. The molecule has 2 aromatic heterocycles. The third-order valence-electron chi connectivity index (χ3n) is 3.56. The second-order valence-electron chi connectivity index (χ2n) is 4.99. The number of amides is 1. The number of furan rings is 1. The number of ether oxygens (including phenoxy) is 1. The van der Waals surface area contributed by atoms with Crippen LogP contribution in [0.3, 0.4) is 0 Å². The summed E-state index contributed by atoms with van der Waals surface area (Å²) in [6.07, 6.45) is 2.25. The molecule has 1 aliphatic heterocycles. The summed E-state index contributed by atoms with van der Waals surface area (Å²) in [7, 11) is 1.67. The molecule has 8 heteroatoms. The Morgan fingerprint density at radius 3 is 2.91 bits per heavy atom. The van der Waals surface area contributed by atoms with Gasteiger partial charge in [-0.2, -0.15) is 4.37 Å². The maximum Gasteiger partial charge on any atom is 0.289 e. The molecular formula is C14H18N4O3S. The van der Waals surface area contributed by atoms with E-state index in [1.165, 1.54) is 17.8 Å². The maximum atomic E-state index is 12.2. The highest BCUT2D eigenvalue weighted by Crippen LogP contribution is 2.20. The van der Waals surface area contributed by atoms with E-state index in [1.807, 2.05) is 4.90 Å². The van der Waals surface area contributed by atoms with Crippen LogP contribution in [-0.4, -0.2) is 60.1 Å². The van der Waals surface area contributed by atoms with E-state index in [0.717, 1.165) is 30.5 Å². The number of carbonyl (C=O) groups excluding carboxylic acids is 1. The van der Waals surface area contributed by atoms with Crippen molar-refractivity contribution in [1.29, 1.82) is 0 Å². The first kappa shape index (κ1) is 15.0. The van der Waals surface area contributed by atoms with Gasteiger partial charge in [0.15, 0.2) is 5.76 Å². The summed E-state index contributed by atoms with van der Waals surface area (Å²) < 4.78 is 14.5. The molecule has 0 aliphatic carbocycles. The van der Waals surface area contributed by atoms with E-state index in [4.69, 9.17) is 9.15 Å². The van der Waals surface area contributed by atoms with Crippen LogP contribution in [0.5, 0.6) is 0 Å². The smallest absolute Gasteiger partial charge is 0.289 e. The molecule has 0 spiro atoms. The molecule has 0 unspecified atom stereocenters. The second-order valence-corrected chi connectivity index (χ2v) is 5.72. The monoisotopic (exact) mass is 322 g/mol. The first-order chi connectivity index (χ1) is 10.8. The third-order valence-corrected chi connectivity index (χ3v) is 4.37. The highest BCUT2D eigenvalue weighted by molar-refractivity contribution is 7.09. The Balaban J connectivity index is 1.55. The number of rotatable bonds is 5. The lowest BCUT2D eigenvalue weighted by atomic mass is 10.3. The Bertz CT molecular complexity index is 605. The third kappa shape index (κ3) is 3.28. The molecule has 0 bridgehead atoms. The lowest BCUT2D eigenvalue weighted by molar-refractivity contribution is 0.0714. The molecule has 0 saturated carbocycles. The summed E-state index contributed by atoms with van der Waals surface area (Å²) in [6.45, 7) is 3.46. The number of nitrogens with zero attached hydrogens (tertiary/aromatic N) is 4. The molecule has 118 valence electrons. The molecule has 0 N–H and O–H groups in total. The van der Waals surface area contributed by atoms with Gasteiger partial charge in [0.05, 0.1) is 12.9 Å². The normalized spacial score (nSPS) is 15.3. The van der Waals surface area contributed by atoms with Gasteiger partial charge < -0.3 is 19.0 Å². The fourth-order valence-corrected chi connectivity index (χ4v) is 3.09. The molecule has 1 amide bonds. The van der Waals surface area contributed by atoms with Crippen LogP contribution in [0.4, 0.5) is 5.13 Å². The van der Waals surface area contributed by atoms with E-state index in [-0.39, 0.29) is 5.91 Å². The molecule has 3 heterocycles. The van der Waals surface area contributed by atoms with Crippen LogP contribution in [0, 0.1) is 0 Å². The summed E-state index contributed by atoms with van der Waals surface area (Å²) in [5.41, 5.74) is 0. The highest BCUT2D eigenvalue weighted by Gasteiger charge is 2.25. The van der Waals surface area contributed by atoms with Crippen LogP contribution in [0.15, 0.2) is 22.8 Å². The topological polar surface area (TPSA) is 71.7 Å². The first-order valence-electron chi connectivity index (χ1n) is 7.17.